The summed E-state index contributed by atoms with van der Waals surface area (Å²) in [5.74, 6) is 0.428. The van der Waals surface area contributed by atoms with E-state index in [-0.39, 0.29) is 12.3 Å². The Morgan fingerprint density at radius 2 is 1.87 bits per heavy atom. The van der Waals surface area contributed by atoms with Gasteiger partial charge in [-0.2, -0.15) is 0 Å². The van der Waals surface area contributed by atoms with Crippen LogP contribution in [0.3, 0.4) is 0 Å². The number of methoxy groups -OCH3 is 2. The van der Waals surface area contributed by atoms with E-state index in [0.29, 0.717) is 11.3 Å². The van der Waals surface area contributed by atoms with E-state index in [0.717, 1.165) is 48.1 Å². The highest BCUT2D eigenvalue weighted by atomic mass is 32.2. The second kappa shape index (κ2) is 8.55. The van der Waals surface area contributed by atoms with Crippen molar-refractivity contribution in [1.29, 1.82) is 0 Å². The van der Waals surface area contributed by atoms with Crippen molar-refractivity contribution in [3.63, 3.8) is 0 Å². The Balaban J connectivity index is 1.71. The summed E-state index contributed by atoms with van der Waals surface area (Å²) in [6.45, 7) is 3.45. The average Bonchev–Trinajstić information content (AvgIpc) is 3.43. The van der Waals surface area contributed by atoms with E-state index in [1.165, 1.54) is 18.9 Å². The van der Waals surface area contributed by atoms with Gasteiger partial charge in [0.2, 0.25) is 5.91 Å². The summed E-state index contributed by atoms with van der Waals surface area (Å²) >= 11 is 1.48. The number of amidine groups is 1. The summed E-state index contributed by atoms with van der Waals surface area (Å²) in [7, 11) is 2.99. The summed E-state index contributed by atoms with van der Waals surface area (Å²) < 4.78 is 10.4. The van der Waals surface area contributed by atoms with Crippen molar-refractivity contribution in [1.82, 2.24) is 9.80 Å². The molecule has 0 spiro atoms. The number of allylic oxidation sites excluding steroid dienone is 1. The van der Waals surface area contributed by atoms with Crippen molar-refractivity contribution >= 4 is 28.8 Å². The second-order valence-electron chi connectivity index (χ2n) is 7.42. The molecule has 1 saturated heterocycles. The molecule has 1 unspecified atom stereocenters. The molecule has 1 fully saturated rings. The van der Waals surface area contributed by atoms with E-state index in [1.807, 2.05) is 46.4 Å². The number of likely N-dealkylation sites (tertiary alicyclic amines) is 1. The fourth-order valence-electron chi connectivity index (χ4n) is 4.08. The van der Waals surface area contributed by atoms with Crippen LogP contribution in [-0.2, 0) is 14.3 Å². The molecule has 0 bridgehead atoms. The van der Waals surface area contributed by atoms with Crippen molar-refractivity contribution in [2.45, 2.75) is 32.2 Å². The summed E-state index contributed by atoms with van der Waals surface area (Å²) in [6, 6.07) is 7.19. The van der Waals surface area contributed by atoms with Crippen LogP contribution in [0.1, 0.15) is 37.8 Å². The summed E-state index contributed by atoms with van der Waals surface area (Å²) in [5.41, 5.74) is 2.87. The maximum atomic E-state index is 12.8. The number of aliphatic imine (C=N–C) groups is 1. The minimum Gasteiger partial charge on any atom is -0.497 e. The van der Waals surface area contributed by atoms with Gasteiger partial charge >= 0.3 is 5.97 Å². The lowest BCUT2D eigenvalue weighted by Crippen LogP contribution is -2.38. The number of hydrogen-bond acceptors (Lipinski definition) is 7. The monoisotopic (exact) mass is 427 g/mol. The molecule has 1 aromatic rings. The Bertz CT molecular complexity index is 946. The molecule has 0 saturated carbocycles. The molecule has 0 aromatic heterocycles. The quantitative estimate of drug-likeness (QED) is 0.671. The SMILES string of the molecule is COC(=O)C1=C(C)N=C2SC=C(CC(=O)N3CCCC3)N2C1c1ccc(OC)cc1. The predicted molar refractivity (Wildman–Crippen MR) is 116 cm³/mol. The highest BCUT2D eigenvalue weighted by Gasteiger charge is 2.41. The molecule has 3 aliphatic heterocycles. The molecule has 3 heterocycles. The van der Waals surface area contributed by atoms with Crippen LogP contribution in [-0.4, -0.2) is 54.2 Å². The van der Waals surface area contributed by atoms with Gasteiger partial charge in [-0.05, 0) is 42.9 Å². The molecule has 0 aliphatic carbocycles. The third-order valence-electron chi connectivity index (χ3n) is 5.63. The van der Waals surface area contributed by atoms with E-state index in [1.54, 1.807) is 7.11 Å². The molecular formula is C22H25N3O4S. The number of hydrogen-bond donors (Lipinski definition) is 0. The molecule has 1 atom stereocenters. The lowest BCUT2D eigenvalue weighted by molar-refractivity contribution is -0.136. The second-order valence-corrected chi connectivity index (χ2v) is 8.26. The number of carbonyl (C=O) groups is 2. The van der Waals surface area contributed by atoms with Crippen molar-refractivity contribution in [3.05, 3.63) is 52.2 Å². The number of fused-ring (bicyclic) bond motifs is 1. The summed E-state index contributed by atoms with van der Waals surface area (Å²) in [6.07, 6.45) is 2.39. The molecule has 158 valence electrons. The molecule has 7 nitrogen and oxygen atoms in total. The standard InChI is InChI=1S/C22H25N3O4S/c1-14-19(21(27)29-3)20(15-6-8-17(28-2)9-7-15)25-16(13-30-22(25)23-14)12-18(26)24-10-4-5-11-24/h6-9,13,20H,4-5,10-12H2,1-3H3. The number of thioether (sulfide) groups is 1. The zero-order valence-corrected chi connectivity index (χ0v) is 18.2. The van der Waals surface area contributed by atoms with Gasteiger partial charge in [-0.15, -0.1) is 0 Å². The first-order chi connectivity index (χ1) is 14.5. The molecule has 1 aromatic carbocycles. The van der Waals surface area contributed by atoms with Crippen molar-refractivity contribution < 1.29 is 19.1 Å². The Kier molecular flexibility index (Phi) is 5.85. The Hall–Kier alpha value is -2.74. The number of ether oxygens (including phenoxy) is 2. The van der Waals surface area contributed by atoms with Crippen LogP contribution in [0.2, 0.25) is 0 Å². The molecule has 0 N–H and O–H groups in total. The molecule has 3 aliphatic rings. The number of nitrogens with zero attached hydrogens (tertiary/aromatic N) is 3. The Morgan fingerprint density at radius 3 is 2.50 bits per heavy atom. The van der Waals surface area contributed by atoms with Crippen molar-refractivity contribution in [3.8, 4) is 5.75 Å². The van der Waals surface area contributed by atoms with Gasteiger partial charge in [0, 0.05) is 18.8 Å². The van der Waals surface area contributed by atoms with Crippen LogP contribution in [0.4, 0.5) is 0 Å². The van der Waals surface area contributed by atoms with Gasteiger partial charge < -0.3 is 19.3 Å². The largest absolute Gasteiger partial charge is 0.497 e. The van der Waals surface area contributed by atoms with Gasteiger partial charge in [-0.3, -0.25) is 4.79 Å². The van der Waals surface area contributed by atoms with Gasteiger partial charge in [0.05, 0.1) is 38.0 Å². The number of benzene rings is 1. The first-order valence-corrected chi connectivity index (χ1v) is 10.9. The van der Waals surface area contributed by atoms with Gasteiger partial charge in [-0.25, -0.2) is 9.79 Å². The first kappa shape index (κ1) is 20.5. The van der Waals surface area contributed by atoms with Gasteiger partial charge in [0.15, 0.2) is 5.17 Å². The van der Waals surface area contributed by atoms with Crippen molar-refractivity contribution in [2.24, 2.45) is 4.99 Å². The fraction of sp³-hybridized carbons (Fsp3) is 0.409. The van der Waals surface area contributed by atoms with Gasteiger partial charge in [0.1, 0.15) is 5.75 Å². The highest BCUT2D eigenvalue weighted by Crippen LogP contribution is 2.45. The van der Waals surface area contributed by atoms with E-state index in [4.69, 9.17) is 9.47 Å². The molecular weight excluding hydrogens is 402 g/mol. The van der Waals surface area contributed by atoms with Crippen LogP contribution in [0.5, 0.6) is 5.75 Å². The highest BCUT2D eigenvalue weighted by molar-refractivity contribution is 8.16. The third-order valence-corrected chi connectivity index (χ3v) is 6.52. The van der Waals surface area contributed by atoms with Crippen LogP contribution in [0.15, 0.2) is 51.6 Å². The Morgan fingerprint density at radius 1 is 1.17 bits per heavy atom. The average molecular weight is 428 g/mol. The number of esters is 1. The zero-order valence-electron chi connectivity index (χ0n) is 17.4. The predicted octanol–water partition coefficient (Wildman–Crippen LogP) is 3.46. The number of rotatable bonds is 5. The maximum absolute atomic E-state index is 12.8. The lowest BCUT2D eigenvalue weighted by atomic mass is 9.93. The lowest BCUT2D eigenvalue weighted by Gasteiger charge is -2.36. The molecule has 8 heteroatoms. The van der Waals surface area contributed by atoms with Crippen molar-refractivity contribution in [2.75, 3.05) is 27.3 Å². The van der Waals surface area contributed by atoms with Crippen LogP contribution < -0.4 is 4.74 Å². The fourth-order valence-corrected chi connectivity index (χ4v) is 5.04. The first-order valence-electron chi connectivity index (χ1n) is 9.98. The topological polar surface area (TPSA) is 71.4 Å². The van der Waals surface area contributed by atoms with E-state index >= 15 is 0 Å². The van der Waals surface area contributed by atoms with Crippen LogP contribution in [0.25, 0.3) is 0 Å². The summed E-state index contributed by atoms with van der Waals surface area (Å²) in [5, 5.41) is 2.74. The number of carbonyl (C=O) groups excluding carboxylic acids is 2. The minimum atomic E-state index is -0.418. The molecule has 4 rings (SSSR count). The van der Waals surface area contributed by atoms with E-state index < -0.39 is 12.0 Å². The zero-order chi connectivity index (χ0) is 21.3. The smallest absolute Gasteiger partial charge is 0.338 e. The molecule has 1 amide bonds. The van der Waals surface area contributed by atoms with Crippen LogP contribution in [0, 0.1) is 0 Å². The Labute approximate surface area is 180 Å². The normalized spacial score (nSPS) is 20.7. The van der Waals surface area contributed by atoms with Gasteiger partial charge in [0.25, 0.3) is 0 Å². The third kappa shape index (κ3) is 3.71. The van der Waals surface area contributed by atoms with E-state index in [2.05, 4.69) is 4.99 Å². The maximum Gasteiger partial charge on any atom is 0.338 e. The molecule has 0 radical (unpaired) electrons. The summed E-state index contributed by atoms with van der Waals surface area (Å²) in [4.78, 5) is 34.1. The van der Waals surface area contributed by atoms with Crippen LogP contribution >= 0.6 is 11.8 Å². The van der Waals surface area contributed by atoms with Gasteiger partial charge in [-0.1, -0.05) is 23.9 Å². The minimum absolute atomic E-state index is 0.111. The number of amides is 1. The van der Waals surface area contributed by atoms with E-state index in [9.17, 15) is 9.59 Å². The molecule has 30 heavy (non-hydrogen) atoms.